The van der Waals surface area contributed by atoms with Gasteiger partial charge in [0, 0.05) is 24.2 Å². The van der Waals surface area contributed by atoms with Crippen LogP contribution in [0.3, 0.4) is 0 Å². The van der Waals surface area contributed by atoms with E-state index in [9.17, 15) is 0 Å². The summed E-state index contributed by atoms with van der Waals surface area (Å²) in [6.45, 7) is 4.09. The Morgan fingerprint density at radius 3 is 3.04 bits per heavy atom. The molecule has 0 spiro atoms. The molecule has 1 aromatic carbocycles. The number of aromatic amines is 1. The average molecular weight is 347 g/mol. The smallest absolute Gasteiger partial charge is 0.223 e. The van der Waals surface area contributed by atoms with Crippen LogP contribution in [0.15, 0.2) is 24.4 Å². The molecule has 1 atom stereocenters. The number of fused-ring (bicyclic) bond motifs is 1. The van der Waals surface area contributed by atoms with E-state index in [1.807, 2.05) is 18.3 Å². The number of aryl methyl sites for hydroxylation is 1. The molecule has 132 valence electrons. The Balaban J connectivity index is 1.72. The van der Waals surface area contributed by atoms with Crippen molar-refractivity contribution in [2.45, 2.75) is 32.2 Å². The Morgan fingerprint density at radius 2 is 2.27 bits per heavy atom. The van der Waals surface area contributed by atoms with Gasteiger partial charge in [-0.3, -0.25) is 5.10 Å². The summed E-state index contributed by atoms with van der Waals surface area (Å²) in [5, 5.41) is 24.4. The zero-order valence-corrected chi connectivity index (χ0v) is 14.7. The Kier molecular flexibility index (Phi) is 4.50. The second-order valence-electron chi connectivity index (χ2n) is 6.55. The fourth-order valence-electron chi connectivity index (χ4n) is 3.37. The van der Waals surface area contributed by atoms with Crippen molar-refractivity contribution in [3.05, 3.63) is 35.5 Å². The normalized spacial score (nSPS) is 17.2. The van der Waals surface area contributed by atoms with Gasteiger partial charge in [0.25, 0.3) is 0 Å². The summed E-state index contributed by atoms with van der Waals surface area (Å²) < 4.78 is 0. The van der Waals surface area contributed by atoms with Crippen LogP contribution in [0.25, 0.3) is 22.3 Å². The summed E-state index contributed by atoms with van der Waals surface area (Å²) in [6, 6.07) is 8.04. The van der Waals surface area contributed by atoms with Crippen molar-refractivity contribution in [1.82, 2.24) is 25.5 Å². The van der Waals surface area contributed by atoms with E-state index in [2.05, 4.69) is 38.8 Å². The third-order valence-corrected chi connectivity index (χ3v) is 4.79. The number of rotatable bonds is 4. The molecule has 0 amide bonds. The number of nitrogens with one attached hydrogen (secondary N) is 3. The van der Waals surface area contributed by atoms with Crippen molar-refractivity contribution in [1.29, 1.82) is 5.26 Å². The van der Waals surface area contributed by atoms with E-state index < -0.39 is 0 Å². The lowest BCUT2D eigenvalue weighted by Gasteiger charge is -2.24. The molecule has 1 saturated heterocycles. The highest BCUT2D eigenvalue weighted by Crippen LogP contribution is 2.29. The molecule has 26 heavy (non-hydrogen) atoms. The molecule has 0 aliphatic carbocycles. The molecule has 7 nitrogen and oxygen atoms in total. The van der Waals surface area contributed by atoms with E-state index in [1.54, 1.807) is 6.07 Å². The van der Waals surface area contributed by atoms with Gasteiger partial charge in [0.05, 0.1) is 22.8 Å². The van der Waals surface area contributed by atoms with Crippen LogP contribution in [0.4, 0.5) is 5.95 Å². The third kappa shape index (κ3) is 3.11. The highest BCUT2D eigenvalue weighted by molar-refractivity contribution is 5.93. The van der Waals surface area contributed by atoms with Gasteiger partial charge in [-0.2, -0.15) is 10.4 Å². The van der Waals surface area contributed by atoms with Crippen LogP contribution in [0, 0.1) is 11.3 Å². The Morgan fingerprint density at radius 1 is 1.35 bits per heavy atom. The predicted molar refractivity (Wildman–Crippen MR) is 101 cm³/mol. The summed E-state index contributed by atoms with van der Waals surface area (Å²) in [5.74, 6) is 0.635. The molecule has 2 aromatic heterocycles. The second-order valence-corrected chi connectivity index (χ2v) is 6.55. The molecule has 3 heterocycles. The maximum atomic E-state index is 9.08. The van der Waals surface area contributed by atoms with Gasteiger partial charge in [-0.1, -0.05) is 6.92 Å². The molecule has 1 aliphatic rings. The maximum absolute atomic E-state index is 9.08. The largest absolute Gasteiger partial charge is 0.350 e. The summed E-state index contributed by atoms with van der Waals surface area (Å²) in [4.78, 5) is 9.27. The fraction of sp³-hybridized carbons (Fsp3) is 0.368. The van der Waals surface area contributed by atoms with Crippen molar-refractivity contribution in [3.63, 3.8) is 0 Å². The molecular weight excluding hydrogens is 326 g/mol. The number of hydrogen-bond acceptors (Lipinski definition) is 6. The van der Waals surface area contributed by atoms with Gasteiger partial charge in [-0.05, 0) is 49.6 Å². The summed E-state index contributed by atoms with van der Waals surface area (Å²) >= 11 is 0. The van der Waals surface area contributed by atoms with Crippen LogP contribution in [-0.2, 0) is 6.42 Å². The number of nitriles is 1. The molecule has 1 aliphatic heterocycles. The van der Waals surface area contributed by atoms with Crippen molar-refractivity contribution in [2.24, 2.45) is 0 Å². The molecule has 3 aromatic rings. The summed E-state index contributed by atoms with van der Waals surface area (Å²) in [5.41, 5.74) is 4.14. The Hall–Kier alpha value is -2.98. The average Bonchev–Trinajstić information content (AvgIpc) is 3.11. The van der Waals surface area contributed by atoms with Gasteiger partial charge in [-0.25, -0.2) is 9.97 Å². The monoisotopic (exact) mass is 347 g/mol. The minimum absolute atomic E-state index is 0.346. The highest BCUT2D eigenvalue weighted by atomic mass is 15.2. The topological polar surface area (TPSA) is 102 Å². The zero-order valence-electron chi connectivity index (χ0n) is 14.7. The molecule has 3 N–H and O–H groups in total. The number of benzene rings is 1. The van der Waals surface area contributed by atoms with E-state index in [-0.39, 0.29) is 0 Å². The van der Waals surface area contributed by atoms with Gasteiger partial charge in [0.15, 0.2) is 0 Å². The van der Waals surface area contributed by atoms with Crippen molar-refractivity contribution in [2.75, 3.05) is 18.4 Å². The highest BCUT2D eigenvalue weighted by Gasteiger charge is 2.18. The van der Waals surface area contributed by atoms with E-state index >= 15 is 0 Å². The van der Waals surface area contributed by atoms with Crippen LogP contribution in [0.5, 0.6) is 0 Å². The molecule has 0 bridgehead atoms. The standard InChI is InChI=1S/C19H21N7/c1-2-13-10-22-19(23-14-4-3-7-21-11-14)24-17(13)18-15-6-5-12(9-20)8-16(15)25-26-18/h5-6,8,10,14,21H,2-4,7,11H2,1H3,(H,25,26)(H,22,23,24)/t14-/m0/s1. The van der Waals surface area contributed by atoms with Gasteiger partial charge in [0.2, 0.25) is 5.95 Å². The molecule has 1 fully saturated rings. The van der Waals surface area contributed by atoms with Crippen molar-refractivity contribution < 1.29 is 0 Å². The zero-order chi connectivity index (χ0) is 17.9. The van der Waals surface area contributed by atoms with E-state index in [1.165, 1.54) is 0 Å². The van der Waals surface area contributed by atoms with E-state index in [4.69, 9.17) is 10.2 Å². The first-order chi connectivity index (χ1) is 12.8. The summed E-state index contributed by atoms with van der Waals surface area (Å²) in [7, 11) is 0. The second kappa shape index (κ2) is 7.10. The number of hydrogen-bond donors (Lipinski definition) is 3. The lowest BCUT2D eigenvalue weighted by atomic mass is 10.1. The minimum atomic E-state index is 0.346. The number of nitrogens with zero attached hydrogens (tertiary/aromatic N) is 4. The first-order valence-corrected chi connectivity index (χ1v) is 9.00. The van der Waals surface area contributed by atoms with Crippen LogP contribution in [-0.4, -0.2) is 39.3 Å². The molecule has 0 radical (unpaired) electrons. The lowest BCUT2D eigenvalue weighted by molar-refractivity contribution is 0.478. The van der Waals surface area contributed by atoms with Crippen molar-refractivity contribution in [3.8, 4) is 17.5 Å². The minimum Gasteiger partial charge on any atom is -0.350 e. The number of anilines is 1. The van der Waals surface area contributed by atoms with Crippen LogP contribution < -0.4 is 10.6 Å². The van der Waals surface area contributed by atoms with Gasteiger partial charge in [-0.15, -0.1) is 0 Å². The Labute approximate surface area is 151 Å². The third-order valence-electron chi connectivity index (χ3n) is 4.79. The van der Waals surface area contributed by atoms with Crippen LogP contribution >= 0.6 is 0 Å². The first kappa shape index (κ1) is 16.5. The predicted octanol–water partition coefficient (Wildman–Crippen LogP) is 2.62. The molecule has 0 unspecified atom stereocenters. The van der Waals surface area contributed by atoms with Gasteiger partial charge >= 0.3 is 0 Å². The molecule has 7 heteroatoms. The van der Waals surface area contributed by atoms with Gasteiger partial charge < -0.3 is 10.6 Å². The number of H-pyrrole nitrogens is 1. The van der Waals surface area contributed by atoms with Crippen LogP contribution in [0.2, 0.25) is 0 Å². The maximum Gasteiger partial charge on any atom is 0.223 e. The Bertz CT molecular complexity index is 964. The lowest BCUT2D eigenvalue weighted by Crippen LogP contribution is -2.38. The molecular formula is C19H21N7. The number of aromatic nitrogens is 4. The van der Waals surface area contributed by atoms with Gasteiger partial charge in [0.1, 0.15) is 5.69 Å². The van der Waals surface area contributed by atoms with E-state index in [0.717, 1.165) is 60.2 Å². The van der Waals surface area contributed by atoms with E-state index in [0.29, 0.717) is 17.6 Å². The van der Waals surface area contributed by atoms with Crippen molar-refractivity contribution >= 4 is 16.9 Å². The molecule has 0 saturated carbocycles. The SMILES string of the molecule is CCc1cnc(N[C@H]2CCCNC2)nc1-c1n[nH]c2cc(C#N)ccc12. The first-order valence-electron chi connectivity index (χ1n) is 9.00. The molecule has 4 rings (SSSR count). The summed E-state index contributed by atoms with van der Waals surface area (Å²) in [6.07, 6.45) is 4.97. The quantitative estimate of drug-likeness (QED) is 0.670. The number of piperidine rings is 1. The van der Waals surface area contributed by atoms with Crippen LogP contribution in [0.1, 0.15) is 30.9 Å². The fourth-order valence-corrected chi connectivity index (χ4v) is 3.37.